The Morgan fingerprint density at radius 2 is 1.71 bits per heavy atom. The minimum absolute atomic E-state index is 0.00169. The predicted octanol–water partition coefficient (Wildman–Crippen LogP) is 4.60. The van der Waals surface area contributed by atoms with Crippen molar-refractivity contribution in [2.75, 3.05) is 5.32 Å². The van der Waals surface area contributed by atoms with Crippen LogP contribution in [-0.2, 0) is 16.1 Å². The van der Waals surface area contributed by atoms with E-state index in [4.69, 9.17) is 9.15 Å². The van der Waals surface area contributed by atoms with Gasteiger partial charge in [0.25, 0.3) is 11.8 Å². The standard InChI is InChI=1S/C24H21FN2O4/c1-15(2)31-19-11-9-18(10-12-19)26-22-21(16-5-7-17(25)8-6-16)23(28)27(24(22)29)14-20-4-3-13-30-20/h3-13,15,26H,14H2,1-2H3. The van der Waals surface area contributed by atoms with E-state index < -0.39 is 17.6 Å². The maximum absolute atomic E-state index is 13.4. The number of anilines is 1. The normalized spacial score (nSPS) is 14.0. The van der Waals surface area contributed by atoms with Crippen molar-refractivity contribution < 1.29 is 23.1 Å². The highest BCUT2D eigenvalue weighted by molar-refractivity contribution is 6.36. The van der Waals surface area contributed by atoms with Gasteiger partial charge < -0.3 is 14.5 Å². The molecule has 0 aliphatic carbocycles. The molecule has 0 saturated heterocycles. The topological polar surface area (TPSA) is 71.8 Å². The molecular formula is C24H21FN2O4. The van der Waals surface area contributed by atoms with Crippen LogP contribution in [0.1, 0.15) is 25.2 Å². The van der Waals surface area contributed by atoms with Crippen LogP contribution in [-0.4, -0.2) is 22.8 Å². The van der Waals surface area contributed by atoms with Gasteiger partial charge >= 0.3 is 0 Å². The van der Waals surface area contributed by atoms with Crippen LogP contribution in [0.5, 0.6) is 5.75 Å². The Hall–Kier alpha value is -3.87. The summed E-state index contributed by atoms with van der Waals surface area (Å²) in [6, 6.07) is 15.9. The van der Waals surface area contributed by atoms with Gasteiger partial charge in [0.15, 0.2) is 0 Å². The molecule has 1 aromatic heterocycles. The highest BCUT2D eigenvalue weighted by Crippen LogP contribution is 2.32. The summed E-state index contributed by atoms with van der Waals surface area (Å²) < 4.78 is 24.4. The minimum Gasteiger partial charge on any atom is -0.491 e. The minimum atomic E-state index is -0.483. The average Bonchev–Trinajstić information content (AvgIpc) is 3.33. The fraction of sp³-hybridized carbons (Fsp3) is 0.167. The summed E-state index contributed by atoms with van der Waals surface area (Å²) in [4.78, 5) is 27.4. The van der Waals surface area contributed by atoms with Gasteiger partial charge in [-0.05, 0) is 67.9 Å². The molecule has 0 radical (unpaired) electrons. The molecule has 4 rings (SSSR count). The van der Waals surface area contributed by atoms with Crippen molar-refractivity contribution in [1.29, 1.82) is 0 Å². The van der Waals surface area contributed by atoms with Crippen molar-refractivity contribution >= 4 is 23.1 Å². The van der Waals surface area contributed by atoms with Gasteiger partial charge in [-0.25, -0.2) is 4.39 Å². The van der Waals surface area contributed by atoms with E-state index in [2.05, 4.69) is 5.32 Å². The lowest BCUT2D eigenvalue weighted by Gasteiger charge is -2.14. The van der Waals surface area contributed by atoms with Gasteiger partial charge in [0.05, 0.1) is 24.5 Å². The number of furan rings is 1. The van der Waals surface area contributed by atoms with Crippen LogP contribution in [0.2, 0.25) is 0 Å². The molecule has 0 spiro atoms. The first-order valence-corrected chi connectivity index (χ1v) is 9.85. The molecule has 1 aliphatic rings. The van der Waals surface area contributed by atoms with Gasteiger partial charge in [-0.2, -0.15) is 0 Å². The van der Waals surface area contributed by atoms with Crippen molar-refractivity contribution in [3.63, 3.8) is 0 Å². The molecule has 0 saturated carbocycles. The van der Waals surface area contributed by atoms with Crippen LogP contribution in [0.3, 0.4) is 0 Å². The summed E-state index contributed by atoms with van der Waals surface area (Å²) in [5.41, 5.74) is 1.37. The molecule has 1 aliphatic heterocycles. The number of carbonyl (C=O) groups excluding carboxylic acids is 2. The zero-order chi connectivity index (χ0) is 22.0. The lowest BCUT2D eigenvalue weighted by Crippen LogP contribution is -2.31. The zero-order valence-corrected chi connectivity index (χ0v) is 17.1. The Kier molecular flexibility index (Phi) is 5.58. The van der Waals surface area contributed by atoms with Crippen molar-refractivity contribution in [3.05, 3.63) is 89.8 Å². The molecule has 2 amide bonds. The van der Waals surface area contributed by atoms with Crippen LogP contribution >= 0.6 is 0 Å². The maximum Gasteiger partial charge on any atom is 0.278 e. The Balaban J connectivity index is 1.68. The number of nitrogens with one attached hydrogen (secondary N) is 1. The second kappa shape index (κ2) is 8.47. The molecule has 7 heteroatoms. The van der Waals surface area contributed by atoms with Gasteiger partial charge in [-0.1, -0.05) is 12.1 Å². The third-order valence-corrected chi connectivity index (χ3v) is 4.69. The molecule has 0 bridgehead atoms. The van der Waals surface area contributed by atoms with E-state index in [-0.39, 0.29) is 23.9 Å². The summed E-state index contributed by atoms with van der Waals surface area (Å²) in [6.07, 6.45) is 1.52. The van der Waals surface area contributed by atoms with Crippen LogP contribution < -0.4 is 10.1 Å². The van der Waals surface area contributed by atoms with E-state index in [1.807, 2.05) is 13.8 Å². The molecule has 0 atom stereocenters. The van der Waals surface area contributed by atoms with Gasteiger partial charge in [-0.3, -0.25) is 14.5 Å². The number of ether oxygens (including phenoxy) is 1. The Morgan fingerprint density at radius 3 is 2.32 bits per heavy atom. The van der Waals surface area contributed by atoms with E-state index in [1.165, 1.54) is 30.5 Å². The number of carbonyl (C=O) groups is 2. The zero-order valence-electron chi connectivity index (χ0n) is 17.1. The number of benzene rings is 2. The van der Waals surface area contributed by atoms with Gasteiger partial charge in [0.1, 0.15) is 23.0 Å². The number of halogens is 1. The van der Waals surface area contributed by atoms with Crippen molar-refractivity contribution in [2.24, 2.45) is 0 Å². The molecule has 158 valence electrons. The van der Waals surface area contributed by atoms with Crippen molar-refractivity contribution in [1.82, 2.24) is 4.90 Å². The quantitative estimate of drug-likeness (QED) is 0.566. The van der Waals surface area contributed by atoms with Gasteiger partial charge in [-0.15, -0.1) is 0 Å². The summed E-state index contributed by atoms with van der Waals surface area (Å²) in [6.45, 7) is 3.87. The fourth-order valence-corrected chi connectivity index (χ4v) is 3.31. The molecule has 6 nitrogen and oxygen atoms in total. The van der Waals surface area contributed by atoms with Gasteiger partial charge in [0, 0.05) is 5.69 Å². The number of rotatable bonds is 7. The third-order valence-electron chi connectivity index (χ3n) is 4.69. The molecule has 2 aromatic carbocycles. The van der Waals surface area contributed by atoms with Crippen LogP contribution in [0, 0.1) is 5.82 Å². The van der Waals surface area contributed by atoms with E-state index in [9.17, 15) is 14.0 Å². The number of amides is 2. The molecule has 0 unspecified atom stereocenters. The highest BCUT2D eigenvalue weighted by atomic mass is 19.1. The molecular weight excluding hydrogens is 399 g/mol. The van der Waals surface area contributed by atoms with Gasteiger partial charge in [0.2, 0.25) is 0 Å². The SMILES string of the molecule is CC(C)Oc1ccc(NC2=C(c3ccc(F)cc3)C(=O)N(Cc3ccco3)C2=O)cc1. The van der Waals surface area contributed by atoms with Crippen molar-refractivity contribution in [3.8, 4) is 5.75 Å². The predicted molar refractivity (Wildman–Crippen MR) is 113 cm³/mol. The summed E-state index contributed by atoms with van der Waals surface area (Å²) in [7, 11) is 0. The van der Waals surface area contributed by atoms with E-state index in [1.54, 1.807) is 36.4 Å². The van der Waals surface area contributed by atoms with E-state index in [0.717, 1.165) is 4.90 Å². The third kappa shape index (κ3) is 4.35. The first-order chi connectivity index (χ1) is 14.9. The van der Waals surface area contributed by atoms with Crippen LogP contribution in [0.25, 0.3) is 5.57 Å². The van der Waals surface area contributed by atoms with Crippen molar-refractivity contribution in [2.45, 2.75) is 26.5 Å². The number of imide groups is 1. The Morgan fingerprint density at radius 1 is 1.00 bits per heavy atom. The molecule has 31 heavy (non-hydrogen) atoms. The largest absolute Gasteiger partial charge is 0.491 e. The molecule has 1 N–H and O–H groups in total. The summed E-state index contributed by atoms with van der Waals surface area (Å²) in [5.74, 6) is -0.208. The summed E-state index contributed by atoms with van der Waals surface area (Å²) in [5, 5.41) is 3.06. The second-order valence-corrected chi connectivity index (χ2v) is 7.35. The average molecular weight is 420 g/mol. The number of hydrogen-bond donors (Lipinski definition) is 1. The molecule has 2 heterocycles. The monoisotopic (exact) mass is 420 g/mol. The Bertz CT molecular complexity index is 1120. The van der Waals surface area contributed by atoms with Crippen LogP contribution in [0.15, 0.2) is 77.0 Å². The summed E-state index contributed by atoms with van der Waals surface area (Å²) >= 11 is 0. The van der Waals surface area contributed by atoms with E-state index >= 15 is 0 Å². The number of hydrogen-bond acceptors (Lipinski definition) is 5. The highest BCUT2D eigenvalue weighted by Gasteiger charge is 2.39. The number of nitrogens with zero attached hydrogens (tertiary/aromatic N) is 1. The maximum atomic E-state index is 13.4. The molecule has 0 fully saturated rings. The fourth-order valence-electron chi connectivity index (χ4n) is 3.31. The Labute approximate surface area is 178 Å². The van der Waals surface area contributed by atoms with Crippen LogP contribution in [0.4, 0.5) is 10.1 Å². The molecule has 3 aromatic rings. The smallest absolute Gasteiger partial charge is 0.278 e. The second-order valence-electron chi connectivity index (χ2n) is 7.35. The van der Waals surface area contributed by atoms with E-state index in [0.29, 0.717) is 22.8 Å². The lowest BCUT2D eigenvalue weighted by molar-refractivity contribution is -0.137. The first-order valence-electron chi connectivity index (χ1n) is 9.85. The first kappa shape index (κ1) is 20.4. The lowest BCUT2D eigenvalue weighted by atomic mass is 10.0.